The van der Waals surface area contributed by atoms with Crippen molar-refractivity contribution < 1.29 is 22.8 Å². The van der Waals surface area contributed by atoms with E-state index in [0.29, 0.717) is 11.5 Å². The Morgan fingerprint density at radius 1 is 1.24 bits per heavy atom. The summed E-state index contributed by atoms with van der Waals surface area (Å²) in [5.74, 6) is 6.71. The fourth-order valence-electron chi connectivity index (χ4n) is 2.91. The summed E-state index contributed by atoms with van der Waals surface area (Å²) in [4.78, 5) is 9.94. The van der Waals surface area contributed by atoms with Gasteiger partial charge in [-0.05, 0) is 26.0 Å². The monoisotopic (exact) mass is 416 g/mol. The first kappa shape index (κ1) is 20.6. The number of non-ortho nitro benzene ring substituents is 1. The molecule has 0 atom stereocenters. The summed E-state index contributed by atoms with van der Waals surface area (Å²) < 4.78 is 38.3. The van der Waals surface area contributed by atoms with E-state index in [1.807, 2.05) is 26.0 Å². The molecule has 0 radical (unpaired) electrons. The zero-order valence-corrected chi connectivity index (χ0v) is 16.8. The first-order chi connectivity index (χ1) is 13.7. The zero-order chi connectivity index (χ0) is 21.1. The minimum absolute atomic E-state index is 0.0682. The lowest BCUT2D eigenvalue weighted by atomic mass is 10.0. The largest absolute Gasteiger partial charge is 0.483 e. The third-order valence-corrected chi connectivity index (χ3v) is 5.57. The smallest absolute Gasteiger partial charge is 0.270 e. The maximum absolute atomic E-state index is 12.2. The molecule has 0 bridgehead atoms. The van der Waals surface area contributed by atoms with Gasteiger partial charge in [0.05, 0.1) is 16.4 Å². The molecule has 2 aromatic carbocycles. The average Bonchev–Trinajstić information content (AvgIpc) is 2.99. The van der Waals surface area contributed by atoms with Crippen molar-refractivity contribution in [2.24, 2.45) is 0 Å². The number of rotatable bonds is 6. The summed E-state index contributed by atoms with van der Waals surface area (Å²) in [6, 6.07) is 10.5. The molecule has 1 heterocycles. The topological polar surface area (TPSA) is 108 Å². The van der Waals surface area contributed by atoms with Crippen LogP contribution < -0.4 is 14.2 Å². The second-order valence-electron chi connectivity index (χ2n) is 7.00. The van der Waals surface area contributed by atoms with Crippen molar-refractivity contribution in [2.45, 2.75) is 30.8 Å². The highest BCUT2D eigenvalue weighted by atomic mass is 32.2. The van der Waals surface area contributed by atoms with Gasteiger partial charge in [0.15, 0.2) is 11.5 Å². The van der Waals surface area contributed by atoms with E-state index in [1.54, 1.807) is 6.07 Å². The lowest BCUT2D eigenvalue weighted by molar-refractivity contribution is -0.385. The summed E-state index contributed by atoms with van der Waals surface area (Å²) in [5, 5.41) is 10.8. The molecule has 0 saturated heterocycles. The van der Waals surface area contributed by atoms with Crippen LogP contribution in [0.5, 0.6) is 11.5 Å². The lowest BCUT2D eigenvalue weighted by Crippen LogP contribution is -2.24. The predicted molar refractivity (Wildman–Crippen MR) is 106 cm³/mol. The van der Waals surface area contributed by atoms with Gasteiger partial charge in [-0.1, -0.05) is 30.0 Å². The molecule has 0 amide bonds. The normalized spacial score (nSPS) is 14.3. The molecule has 0 aromatic heterocycles. The van der Waals surface area contributed by atoms with Gasteiger partial charge in [-0.2, -0.15) is 4.72 Å². The van der Waals surface area contributed by atoms with Crippen LogP contribution >= 0.6 is 0 Å². The van der Waals surface area contributed by atoms with E-state index >= 15 is 0 Å². The van der Waals surface area contributed by atoms with Crippen LogP contribution in [0, 0.1) is 22.0 Å². The van der Waals surface area contributed by atoms with Crippen LogP contribution in [-0.4, -0.2) is 32.1 Å². The molecule has 1 N–H and O–H groups in total. The van der Waals surface area contributed by atoms with Gasteiger partial charge in [0, 0.05) is 24.1 Å². The summed E-state index contributed by atoms with van der Waals surface area (Å²) in [5.41, 5.74) is 0.497. The van der Waals surface area contributed by atoms with Gasteiger partial charge in [0.2, 0.25) is 10.0 Å². The second kappa shape index (κ2) is 8.11. The number of hydrogen-bond donors (Lipinski definition) is 1. The van der Waals surface area contributed by atoms with E-state index in [1.165, 1.54) is 18.2 Å². The van der Waals surface area contributed by atoms with Gasteiger partial charge in [0.1, 0.15) is 12.2 Å². The highest BCUT2D eigenvalue weighted by Crippen LogP contribution is 2.41. The molecule has 0 fully saturated rings. The second-order valence-corrected chi connectivity index (χ2v) is 8.77. The van der Waals surface area contributed by atoms with Gasteiger partial charge in [-0.3, -0.25) is 10.1 Å². The third kappa shape index (κ3) is 5.04. The van der Waals surface area contributed by atoms with Gasteiger partial charge in [-0.15, -0.1) is 0 Å². The van der Waals surface area contributed by atoms with Crippen molar-refractivity contribution in [3.63, 3.8) is 0 Å². The van der Waals surface area contributed by atoms with Crippen molar-refractivity contribution in [3.05, 3.63) is 58.1 Å². The number of nitrogens with zero attached hydrogens (tertiary/aromatic N) is 1. The van der Waals surface area contributed by atoms with E-state index in [2.05, 4.69) is 16.6 Å². The Labute approximate surface area is 169 Å². The summed E-state index contributed by atoms with van der Waals surface area (Å²) >= 11 is 0. The fourth-order valence-corrected chi connectivity index (χ4v) is 3.87. The zero-order valence-electron chi connectivity index (χ0n) is 16.0. The first-order valence-electron chi connectivity index (χ1n) is 8.81. The van der Waals surface area contributed by atoms with Gasteiger partial charge < -0.3 is 9.47 Å². The Balaban J connectivity index is 1.55. The fraction of sp³-hybridized carbons (Fsp3) is 0.300. The van der Waals surface area contributed by atoms with Gasteiger partial charge in [0.25, 0.3) is 5.69 Å². The Hall–Kier alpha value is -3.09. The van der Waals surface area contributed by atoms with Gasteiger partial charge in [-0.25, -0.2) is 8.42 Å². The maximum atomic E-state index is 12.2. The average molecular weight is 416 g/mol. The molecule has 0 unspecified atom stereocenters. The van der Waals surface area contributed by atoms with E-state index in [-0.39, 0.29) is 29.3 Å². The summed E-state index contributed by atoms with van der Waals surface area (Å²) in [6.07, 6.45) is 0.796. The maximum Gasteiger partial charge on any atom is 0.270 e. The Bertz CT molecular complexity index is 1100. The van der Waals surface area contributed by atoms with Gasteiger partial charge >= 0.3 is 0 Å². The lowest BCUT2D eigenvalue weighted by Gasteiger charge is -2.17. The number of sulfonamides is 1. The molecular formula is C20H20N2O6S. The molecule has 0 aliphatic carbocycles. The van der Waals surface area contributed by atoms with E-state index < -0.39 is 14.9 Å². The van der Waals surface area contributed by atoms with E-state index in [9.17, 15) is 18.5 Å². The van der Waals surface area contributed by atoms with Crippen molar-refractivity contribution in [2.75, 3.05) is 13.2 Å². The van der Waals surface area contributed by atoms with Crippen molar-refractivity contribution in [1.29, 1.82) is 0 Å². The van der Waals surface area contributed by atoms with Crippen LogP contribution in [-0.2, 0) is 16.4 Å². The van der Waals surface area contributed by atoms with E-state index in [4.69, 9.17) is 9.47 Å². The minimum atomic E-state index is -3.89. The number of hydrogen-bond acceptors (Lipinski definition) is 6. The van der Waals surface area contributed by atoms with Crippen LogP contribution in [0.25, 0.3) is 0 Å². The molecular weight excluding hydrogens is 396 g/mol. The number of ether oxygens (including phenoxy) is 2. The third-order valence-electron chi connectivity index (χ3n) is 4.17. The Kier molecular flexibility index (Phi) is 5.77. The standard InChI is InChI=1S/C20H20N2O6S/c1-20(2)14-15-7-5-10-18(19(15)28-20)27-12-4-3-11-21-29(25,26)17-9-6-8-16(13-17)22(23)24/h5-10,13,21H,11-12,14H2,1-2H3. The molecule has 152 valence electrons. The van der Waals surface area contributed by atoms with Crippen LogP contribution in [0.15, 0.2) is 47.4 Å². The van der Waals surface area contributed by atoms with Crippen LogP contribution in [0.2, 0.25) is 0 Å². The number of para-hydroxylation sites is 1. The molecule has 1 aliphatic heterocycles. The highest BCUT2D eigenvalue weighted by Gasteiger charge is 2.32. The number of nitro groups is 1. The Morgan fingerprint density at radius 3 is 2.76 bits per heavy atom. The summed E-state index contributed by atoms with van der Waals surface area (Å²) in [6.45, 7) is 3.93. The minimum Gasteiger partial charge on any atom is -0.483 e. The number of benzene rings is 2. The van der Waals surface area contributed by atoms with Crippen LogP contribution in [0.4, 0.5) is 5.69 Å². The molecule has 8 nitrogen and oxygen atoms in total. The summed E-state index contributed by atoms with van der Waals surface area (Å²) in [7, 11) is -3.89. The molecule has 29 heavy (non-hydrogen) atoms. The first-order valence-corrected chi connectivity index (χ1v) is 10.3. The van der Waals surface area contributed by atoms with Crippen LogP contribution in [0.3, 0.4) is 0 Å². The molecule has 3 rings (SSSR count). The van der Waals surface area contributed by atoms with Crippen LogP contribution in [0.1, 0.15) is 19.4 Å². The molecule has 0 spiro atoms. The predicted octanol–water partition coefficient (Wildman–Crippen LogP) is 2.67. The van der Waals surface area contributed by atoms with Crippen molar-refractivity contribution in [1.82, 2.24) is 4.72 Å². The molecule has 0 saturated carbocycles. The quantitative estimate of drug-likeness (QED) is 0.441. The molecule has 1 aliphatic rings. The number of nitrogens with one attached hydrogen (secondary N) is 1. The number of nitro benzene ring substituents is 1. The van der Waals surface area contributed by atoms with Crippen molar-refractivity contribution in [3.8, 4) is 23.3 Å². The number of fused-ring (bicyclic) bond motifs is 1. The SMILES string of the molecule is CC1(C)Cc2cccc(OCC#CCNS(=O)(=O)c3cccc([N+](=O)[O-])c3)c2O1. The molecule has 2 aromatic rings. The highest BCUT2D eigenvalue weighted by molar-refractivity contribution is 7.89. The van der Waals surface area contributed by atoms with Crippen molar-refractivity contribution >= 4 is 15.7 Å². The molecule has 9 heteroatoms. The Morgan fingerprint density at radius 2 is 2.00 bits per heavy atom. The van der Waals surface area contributed by atoms with E-state index in [0.717, 1.165) is 18.1 Å².